The number of fused-ring (bicyclic) bond motifs is 1. The second-order valence-electron chi connectivity index (χ2n) is 5.04. The van der Waals surface area contributed by atoms with Crippen molar-refractivity contribution in [3.05, 3.63) is 69.2 Å². The fourth-order valence-corrected chi connectivity index (χ4v) is 2.85. The molecule has 0 aliphatic carbocycles. The first-order chi connectivity index (χ1) is 10.6. The van der Waals surface area contributed by atoms with Crippen molar-refractivity contribution >= 4 is 26.8 Å². The smallest absolute Gasteiger partial charge is 0.261 e. The molecule has 4 nitrogen and oxygen atoms in total. The van der Waals surface area contributed by atoms with Crippen LogP contribution in [0.5, 0.6) is 5.75 Å². The van der Waals surface area contributed by atoms with E-state index in [1.807, 2.05) is 43.3 Å². The Labute approximate surface area is 136 Å². The Morgan fingerprint density at radius 1 is 1.23 bits per heavy atom. The van der Waals surface area contributed by atoms with Gasteiger partial charge in [0.05, 0.1) is 28.2 Å². The number of aromatic nitrogens is 2. The van der Waals surface area contributed by atoms with Crippen LogP contribution < -0.4 is 10.3 Å². The van der Waals surface area contributed by atoms with Crippen molar-refractivity contribution in [1.29, 1.82) is 0 Å². The third-order valence-corrected chi connectivity index (χ3v) is 4.03. The average Bonchev–Trinajstić information content (AvgIpc) is 2.52. The Hall–Kier alpha value is -2.14. The van der Waals surface area contributed by atoms with Crippen molar-refractivity contribution in [1.82, 2.24) is 9.55 Å². The molecule has 0 amide bonds. The van der Waals surface area contributed by atoms with Gasteiger partial charge in [-0.2, -0.15) is 0 Å². The Bertz CT molecular complexity index is 874. The first-order valence-corrected chi connectivity index (χ1v) is 7.77. The van der Waals surface area contributed by atoms with E-state index in [1.54, 1.807) is 17.0 Å². The number of hydrogen-bond donors (Lipinski definition) is 0. The van der Waals surface area contributed by atoms with Gasteiger partial charge in [0, 0.05) is 0 Å². The summed E-state index contributed by atoms with van der Waals surface area (Å²) in [4.78, 5) is 16.6. The van der Waals surface area contributed by atoms with Crippen molar-refractivity contribution in [2.24, 2.45) is 0 Å². The molecule has 0 saturated heterocycles. The highest BCUT2D eigenvalue weighted by atomic mass is 79.9. The lowest BCUT2D eigenvalue weighted by atomic mass is 10.2. The third-order valence-electron chi connectivity index (χ3n) is 3.41. The van der Waals surface area contributed by atoms with Crippen LogP contribution in [-0.2, 0) is 6.54 Å². The highest BCUT2D eigenvalue weighted by Gasteiger charge is 2.05. The summed E-state index contributed by atoms with van der Waals surface area (Å²) < 4.78 is 8.22. The van der Waals surface area contributed by atoms with Gasteiger partial charge in [-0.1, -0.05) is 18.2 Å². The highest BCUT2D eigenvalue weighted by molar-refractivity contribution is 9.10. The average molecular weight is 359 g/mol. The van der Waals surface area contributed by atoms with E-state index in [0.29, 0.717) is 24.1 Å². The van der Waals surface area contributed by atoms with Gasteiger partial charge in [-0.3, -0.25) is 9.36 Å². The van der Waals surface area contributed by atoms with Gasteiger partial charge < -0.3 is 4.74 Å². The fourth-order valence-electron chi connectivity index (χ4n) is 2.24. The molecule has 1 aromatic heterocycles. The molecule has 0 N–H and O–H groups in total. The van der Waals surface area contributed by atoms with E-state index >= 15 is 0 Å². The van der Waals surface area contributed by atoms with E-state index in [9.17, 15) is 4.79 Å². The van der Waals surface area contributed by atoms with E-state index in [2.05, 4.69) is 20.9 Å². The van der Waals surface area contributed by atoms with Gasteiger partial charge in [0.1, 0.15) is 12.4 Å². The normalized spacial score (nSPS) is 10.8. The summed E-state index contributed by atoms with van der Waals surface area (Å²) in [5, 5.41) is 0.626. The lowest BCUT2D eigenvalue weighted by Gasteiger charge is -2.10. The third kappa shape index (κ3) is 3.04. The van der Waals surface area contributed by atoms with Crippen LogP contribution in [0.4, 0.5) is 0 Å². The van der Waals surface area contributed by atoms with Gasteiger partial charge in [0.2, 0.25) is 0 Å². The van der Waals surface area contributed by atoms with Gasteiger partial charge in [0.15, 0.2) is 0 Å². The molecule has 0 bridgehead atoms. The molecule has 0 saturated carbocycles. The van der Waals surface area contributed by atoms with E-state index in [0.717, 1.165) is 15.8 Å². The lowest BCUT2D eigenvalue weighted by Crippen LogP contribution is -2.23. The Balaban J connectivity index is 1.74. The maximum Gasteiger partial charge on any atom is 0.261 e. The van der Waals surface area contributed by atoms with Crippen LogP contribution in [0.3, 0.4) is 0 Å². The zero-order valence-corrected chi connectivity index (χ0v) is 13.7. The molecule has 22 heavy (non-hydrogen) atoms. The highest BCUT2D eigenvalue weighted by Crippen LogP contribution is 2.25. The molecule has 0 fully saturated rings. The van der Waals surface area contributed by atoms with Crippen molar-refractivity contribution in [2.75, 3.05) is 6.61 Å². The second kappa shape index (κ2) is 6.32. The van der Waals surface area contributed by atoms with Crippen molar-refractivity contribution in [3.63, 3.8) is 0 Å². The van der Waals surface area contributed by atoms with E-state index in [-0.39, 0.29) is 5.56 Å². The van der Waals surface area contributed by atoms with E-state index in [4.69, 9.17) is 4.74 Å². The van der Waals surface area contributed by atoms with Crippen molar-refractivity contribution < 1.29 is 4.74 Å². The molecule has 0 aliphatic heterocycles. The maximum absolute atomic E-state index is 12.3. The van der Waals surface area contributed by atoms with E-state index < -0.39 is 0 Å². The molecule has 3 rings (SSSR count). The number of rotatable bonds is 4. The second-order valence-corrected chi connectivity index (χ2v) is 5.90. The standard InChI is InChI=1S/C17H15BrN2O2/c1-12-6-7-16(14(18)10-12)22-9-8-20-11-19-15-5-3-2-4-13(15)17(20)21/h2-7,10-11H,8-9H2,1H3. The van der Waals surface area contributed by atoms with Crippen molar-refractivity contribution in [3.8, 4) is 5.75 Å². The number of benzene rings is 2. The summed E-state index contributed by atoms with van der Waals surface area (Å²) in [5.74, 6) is 0.771. The molecule has 112 valence electrons. The van der Waals surface area contributed by atoms with E-state index in [1.165, 1.54) is 0 Å². The number of para-hydroxylation sites is 1. The first kappa shape index (κ1) is 14.8. The molecular formula is C17H15BrN2O2. The minimum absolute atomic E-state index is 0.0443. The predicted molar refractivity (Wildman–Crippen MR) is 90.4 cm³/mol. The SMILES string of the molecule is Cc1ccc(OCCn2cnc3ccccc3c2=O)c(Br)c1. The summed E-state index contributed by atoms with van der Waals surface area (Å²) in [6.45, 7) is 2.88. The monoisotopic (exact) mass is 358 g/mol. The van der Waals surface area contributed by atoms with Crippen LogP contribution in [0, 0.1) is 6.92 Å². The minimum atomic E-state index is -0.0443. The first-order valence-electron chi connectivity index (χ1n) is 6.98. The molecule has 0 unspecified atom stereocenters. The predicted octanol–water partition coefficient (Wildman–Crippen LogP) is 3.55. The fraction of sp³-hybridized carbons (Fsp3) is 0.176. The quantitative estimate of drug-likeness (QED) is 0.716. The molecule has 1 heterocycles. The lowest BCUT2D eigenvalue weighted by molar-refractivity contribution is 0.294. The molecule has 2 aromatic carbocycles. The van der Waals surface area contributed by atoms with Gasteiger partial charge in [-0.15, -0.1) is 0 Å². The molecule has 5 heteroatoms. The summed E-state index contributed by atoms with van der Waals surface area (Å²) >= 11 is 3.47. The Morgan fingerprint density at radius 2 is 2.05 bits per heavy atom. The molecular weight excluding hydrogens is 344 g/mol. The summed E-state index contributed by atoms with van der Waals surface area (Å²) in [6, 6.07) is 13.2. The summed E-state index contributed by atoms with van der Waals surface area (Å²) in [7, 11) is 0. The topological polar surface area (TPSA) is 44.1 Å². The molecule has 0 radical (unpaired) electrons. The summed E-state index contributed by atoms with van der Waals surface area (Å²) in [5.41, 5.74) is 1.83. The molecule has 3 aromatic rings. The van der Waals surface area contributed by atoms with Crippen LogP contribution >= 0.6 is 15.9 Å². The van der Waals surface area contributed by atoms with Gasteiger partial charge in [-0.25, -0.2) is 4.98 Å². The van der Waals surface area contributed by atoms with Gasteiger partial charge in [0.25, 0.3) is 5.56 Å². The zero-order valence-electron chi connectivity index (χ0n) is 12.1. The van der Waals surface area contributed by atoms with Gasteiger partial charge in [-0.05, 0) is 52.7 Å². The zero-order chi connectivity index (χ0) is 15.5. The van der Waals surface area contributed by atoms with Crippen molar-refractivity contribution in [2.45, 2.75) is 13.5 Å². The molecule has 0 atom stereocenters. The minimum Gasteiger partial charge on any atom is -0.491 e. The number of aryl methyl sites for hydroxylation is 1. The van der Waals surface area contributed by atoms with Gasteiger partial charge >= 0.3 is 0 Å². The molecule has 0 spiro atoms. The number of ether oxygens (including phenoxy) is 1. The van der Waals surface area contributed by atoms with Crippen LogP contribution in [0.2, 0.25) is 0 Å². The Morgan fingerprint density at radius 3 is 2.86 bits per heavy atom. The number of hydrogen-bond acceptors (Lipinski definition) is 3. The number of nitrogens with zero attached hydrogens (tertiary/aromatic N) is 2. The summed E-state index contributed by atoms with van der Waals surface area (Å²) in [6.07, 6.45) is 1.57. The van der Waals surface area contributed by atoms with Crippen LogP contribution in [0.25, 0.3) is 10.9 Å². The van der Waals surface area contributed by atoms with Crippen LogP contribution in [0.15, 0.2) is 58.1 Å². The largest absolute Gasteiger partial charge is 0.491 e. The molecule has 0 aliphatic rings. The maximum atomic E-state index is 12.3. The number of halogens is 1. The van der Waals surface area contributed by atoms with Crippen LogP contribution in [0.1, 0.15) is 5.56 Å². The Kier molecular flexibility index (Phi) is 4.24. The van der Waals surface area contributed by atoms with Crippen LogP contribution in [-0.4, -0.2) is 16.2 Å².